The zero-order chi connectivity index (χ0) is 22.7. The van der Waals surface area contributed by atoms with Gasteiger partial charge in [0.15, 0.2) is 16.8 Å². The van der Waals surface area contributed by atoms with E-state index in [0.717, 1.165) is 22.4 Å². The first-order valence-corrected chi connectivity index (χ1v) is 10.9. The summed E-state index contributed by atoms with van der Waals surface area (Å²) in [7, 11) is 0. The predicted molar refractivity (Wildman–Crippen MR) is 124 cm³/mol. The molecule has 32 heavy (non-hydrogen) atoms. The number of rotatable bonds is 7. The lowest BCUT2D eigenvalue weighted by molar-refractivity contribution is -0.384. The Bertz CT molecular complexity index is 1280. The van der Waals surface area contributed by atoms with Gasteiger partial charge in [-0.05, 0) is 26.0 Å². The van der Waals surface area contributed by atoms with Crippen LogP contribution in [-0.4, -0.2) is 31.2 Å². The number of nitro groups is 1. The topological polar surface area (TPSA) is 90.9 Å². The number of ketones is 1. The summed E-state index contributed by atoms with van der Waals surface area (Å²) >= 11 is 1.25. The van der Waals surface area contributed by atoms with Crippen molar-refractivity contribution in [2.24, 2.45) is 0 Å². The number of hydrogen-bond acceptors (Lipinski definition) is 6. The van der Waals surface area contributed by atoms with Crippen molar-refractivity contribution < 1.29 is 9.72 Å². The lowest BCUT2D eigenvalue weighted by atomic mass is 10.1. The summed E-state index contributed by atoms with van der Waals surface area (Å²) in [4.78, 5) is 23.2. The summed E-state index contributed by atoms with van der Waals surface area (Å²) in [5.41, 5.74) is 4.28. The molecule has 0 spiro atoms. The maximum absolute atomic E-state index is 12.7. The van der Waals surface area contributed by atoms with E-state index in [2.05, 4.69) is 10.2 Å². The molecule has 0 aliphatic heterocycles. The molecule has 0 saturated carbocycles. The Kier molecular flexibility index (Phi) is 6.13. The molecule has 0 atom stereocenters. The van der Waals surface area contributed by atoms with E-state index in [4.69, 9.17) is 0 Å². The summed E-state index contributed by atoms with van der Waals surface area (Å²) in [5.74, 6) is 0.548. The average molecular weight is 445 g/mol. The van der Waals surface area contributed by atoms with E-state index < -0.39 is 4.92 Å². The largest absolute Gasteiger partial charge is 0.293 e. The summed E-state index contributed by atoms with van der Waals surface area (Å²) in [6, 6.07) is 21.8. The third-order valence-electron chi connectivity index (χ3n) is 4.95. The van der Waals surface area contributed by atoms with Gasteiger partial charge in [0, 0.05) is 28.9 Å². The van der Waals surface area contributed by atoms with Gasteiger partial charge in [0.05, 0.1) is 10.7 Å². The molecule has 1 aromatic heterocycles. The Morgan fingerprint density at radius 2 is 1.62 bits per heavy atom. The molecule has 0 aliphatic rings. The van der Waals surface area contributed by atoms with Gasteiger partial charge < -0.3 is 0 Å². The quantitative estimate of drug-likeness (QED) is 0.163. The molecule has 0 saturated heterocycles. The van der Waals surface area contributed by atoms with Crippen LogP contribution in [0.5, 0.6) is 0 Å². The number of Topliss-reactive ketones (excluding diaryl/α,β-unsaturated/α-hetero) is 1. The highest BCUT2D eigenvalue weighted by Crippen LogP contribution is 2.29. The second-order valence-corrected chi connectivity index (χ2v) is 8.30. The van der Waals surface area contributed by atoms with Crippen molar-refractivity contribution in [1.82, 2.24) is 14.8 Å². The molecule has 3 aromatic carbocycles. The molecule has 8 heteroatoms. The van der Waals surface area contributed by atoms with Crippen molar-refractivity contribution in [1.29, 1.82) is 0 Å². The number of nitro benzene ring substituents is 1. The van der Waals surface area contributed by atoms with E-state index in [1.165, 1.54) is 30.0 Å². The maximum Gasteiger partial charge on any atom is 0.270 e. The second-order valence-electron chi connectivity index (χ2n) is 7.36. The van der Waals surface area contributed by atoms with Crippen molar-refractivity contribution in [2.45, 2.75) is 19.0 Å². The van der Waals surface area contributed by atoms with Crippen molar-refractivity contribution in [3.05, 3.63) is 99.6 Å². The fourth-order valence-electron chi connectivity index (χ4n) is 3.19. The average Bonchev–Trinajstić information content (AvgIpc) is 3.22. The van der Waals surface area contributed by atoms with Gasteiger partial charge in [-0.1, -0.05) is 71.4 Å². The molecule has 4 rings (SSSR count). The Balaban J connectivity index is 1.66. The molecule has 0 aliphatic carbocycles. The smallest absolute Gasteiger partial charge is 0.270 e. The van der Waals surface area contributed by atoms with Gasteiger partial charge in [0.25, 0.3) is 5.69 Å². The van der Waals surface area contributed by atoms with Crippen LogP contribution in [0.2, 0.25) is 0 Å². The van der Waals surface area contributed by atoms with E-state index in [-0.39, 0.29) is 17.2 Å². The van der Waals surface area contributed by atoms with E-state index >= 15 is 0 Å². The summed E-state index contributed by atoms with van der Waals surface area (Å²) < 4.78 is 1.93. The van der Waals surface area contributed by atoms with Crippen LogP contribution < -0.4 is 0 Å². The maximum atomic E-state index is 12.7. The lowest BCUT2D eigenvalue weighted by Gasteiger charge is -2.11. The minimum atomic E-state index is -0.508. The Morgan fingerprint density at radius 1 is 0.969 bits per heavy atom. The standard InChI is InChI=1S/C24H20N4O3S/c1-16-6-10-18(11-7-16)23-25-26-24(27(23)20-12-8-17(2)9-13-20)32-15-22(29)19-4-3-5-21(14-19)28(30)31/h3-14H,15H2,1-2H3. The number of nitrogens with zero attached hydrogens (tertiary/aromatic N) is 4. The number of carbonyl (C=O) groups is 1. The first-order chi connectivity index (χ1) is 15.4. The van der Waals surface area contributed by atoms with Crippen LogP contribution in [0.15, 0.2) is 78.0 Å². The molecular weight excluding hydrogens is 424 g/mol. The van der Waals surface area contributed by atoms with Gasteiger partial charge in [-0.3, -0.25) is 19.5 Å². The normalized spacial score (nSPS) is 10.8. The summed E-state index contributed by atoms with van der Waals surface area (Å²) in [6.07, 6.45) is 0. The minimum Gasteiger partial charge on any atom is -0.293 e. The number of benzene rings is 3. The monoisotopic (exact) mass is 444 g/mol. The molecule has 1 heterocycles. The van der Waals surface area contributed by atoms with Gasteiger partial charge >= 0.3 is 0 Å². The zero-order valence-corrected chi connectivity index (χ0v) is 18.4. The molecule has 7 nitrogen and oxygen atoms in total. The summed E-state index contributed by atoms with van der Waals surface area (Å²) in [6.45, 7) is 4.04. The number of carbonyl (C=O) groups excluding carboxylic acids is 1. The molecule has 160 valence electrons. The third-order valence-corrected chi connectivity index (χ3v) is 5.88. The predicted octanol–water partition coefficient (Wildman–Crippen LogP) is 5.43. The number of aromatic nitrogens is 3. The van der Waals surface area contributed by atoms with Crippen LogP contribution in [0.25, 0.3) is 17.1 Å². The van der Waals surface area contributed by atoms with Gasteiger partial charge in [-0.2, -0.15) is 0 Å². The van der Waals surface area contributed by atoms with Gasteiger partial charge in [0.1, 0.15) is 0 Å². The fraction of sp³-hybridized carbons (Fsp3) is 0.125. The van der Waals surface area contributed by atoms with Crippen molar-refractivity contribution >= 4 is 23.2 Å². The van der Waals surface area contributed by atoms with Gasteiger partial charge in [0.2, 0.25) is 0 Å². The molecular formula is C24H20N4O3S. The number of non-ortho nitro benzene ring substituents is 1. The molecule has 4 aromatic rings. The molecule has 0 unspecified atom stereocenters. The number of thioether (sulfide) groups is 1. The van der Waals surface area contributed by atoms with E-state index in [1.807, 2.05) is 66.9 Å². The zero-order valence-electron chi connectivity index (χ0n) is 17.6. The van der Waals surface area contributed by atoms with E-state index in [9.17, 15) is 14.9 Å². The fourth-order valence-corrected chi connectivity index (χ4v) is 4.03. The minimum absolute atomic E-state index is 0.0824. The van der Waals surface area contributed by atoms with Crippen LogP contribution in [0.4, 0.5) is 5.69 Å². The molecule has 0 radical (unpaired) electrons. The first-order valence-electron chi connectivity index (χ1n) is 9.92. The highest BCUT2D eigenvalue weighted by molar-refractivity contribution is 7.99. The third kappa shape index (κ3) is 4.60. The highest BCUT2D eigenvalue weighted by Gasteiger charge is 2.18. The van der Waals surface area contributed by atoms with Crippen molar-refractivity contribution in [3.63, 3.8) is 0 Å². The van der Waals surface area contributed by atoms with E-state index in [1.54, 1.807) is 6.07 Å². The van der Waals surface area contributed by atoms with Gasteiger partial charge in [-0.15, -0.1) is 10.2 Å². The highest BCUT2D eigenvalue weighted by atomic mass is 32.2. The van der Waals surface area contributed by atoms with E-state index in [0.29, 0.717) is 16.5 Å². The van der Waals surface area contributed by atoms with Gasteiger partial charge in [-0.25, -0.2) is 0 Å². The van der Waals surface area contributed by atoms with Crippen LogP contribution in [0, 0.1) is 24.0 Å². The Hall–Kier alpha value is -3.78. The molecule has 0 bridgehead atoms. The summed E-state index contributed by atoms with van der Waals surface area (Å²) in [5, 5.41) is 20.3. The Labute approximate surface area is 189 Å². The van der Waals surface area contributed by atoms with Crippen LogP contribution in [0.3, 0.4) is 0 Å². The molecule has 0 amide bonds. The van der Waals surface area contributed by atoms with Crippen LogP contribution in [0.1, 0.15) is 21.5 Å². The SMILES string of the molecule is Cc1ccc(-c2nnc(SCC(=O)c3cccc([N+](=O)[O-])c3)n2-c2ccc(C)cc2)cc1. The molecule has 0 N–H and O–H groups in total. The number of hydrogen-bond donors (Lipinski definition) is 0. The van der Waals surface area contributed by atoms with Crippen LogP contribution in [-0.2, 0) is 0 Å². The second kappa shape index (κ2) is 9.15. The van der Waals surface area contributed by atoms with Crippen LogP contribution >= 0.6 is 11.8 Å². The first kappa shape index (κ1) is 21.5. The number of aryl methyl sites for hydroxylation is 2. The van der Waals surface area contributed by atoms with Crippen molar-refractivity contribution in [2.75, 3.05) is 5.75 Å². The Morgan fingerprint density at radius 3 is 2.28 bits per heavy atom. The molecule has 0 fully saturated rings. The van der Waals surface area contributed by atoms with Crippen molar-refractivity contribution in [3.8, 4) is 17.1 Å². The lowest BCUT2D eigenvalue weighted by Crippen LogP contribution is -2.05.